The van der Waals surface area contributed by atoms with Gasteiger partial charge in [0.1, 0.15) is 0 Å². The lowest BCUT2D eigenvalue weighted by molar-refractivity contribution is -0.178. The molecule has 19 heavy (non-hydrogen) atoms. The van der Waals surface area contributed by atoms with Crippen LogP contribution in [-0.2, 0) is 19.0 Å². The highest BCUT2D eigenvalue weighted by Gasteiger charge is 2.64. The number of hydrogen-bond acceptors (Lipinski definition) is 5. The average molecular weight is 268 g/mol. The fraction of sp³-hybridized carbons (Fsp3) is 0.786. The van der Waals surface area contributed by atoms with Crippen LogP contribution in [0, 0.1) is 23.7 Å². The number of esters is 1. The molecule has 106 valence electrons. The number of aliphatic hydroxyl groups is 1. The molecule has 0 aromatic rings. The standard InChI is InChI=1S/C14H20O5/c1-6(2)13(15)19-12-7-4-8(11(12)17-3)10-9(7)5-18-14(10)16/h7-13,15H,1,4-5H2,2-3H3. The van der Waals surface area contributed by atoms with Crippen molar-refractivity contribution < 1.29 is 24.1 Å². The Bertz CT molecular complexity index is 407. The van der Waals surface area contributed by atoms with Crippen LogP contribution < -0.4 is 0 Å². The van der Waals surface area contributed by atoms with Crippen LogP contribution in [0.4, 0.5) is 0 Å². The zero-order chi connectivity index (χ0) is 13.7. The van der Waals surface area contributed by atoms with E-state index in [9.17, 15) is 9.90 Å². The highest BCUT2D eigenvalue weighted by Crippen LogP contribution is 2.57. The quantitative estimate of drug-likeness (QED) is 0.462. The first kappa shape index (κ1) is 13.1. The first-order chi connectivity index (χ1) is 9.04. The summed E-state index contributed by atoms with van der Waals surface area (Å²) in [4.78, 5) is 11.8. The van der Waals surface area contributed by atoms with Crippen molar-refractivity contribution in [3.63, 3.8) is 0 Å². The maximum Gasteiger partial charge on any atom is 0.309 e. The third-order valence-corrected chi connectivity index (χ3v) is 4.85. The van der Waals surface area contributed by atoms with Gasteiger partial charge in [-0.3, -0.25) is 4.79 Å². The highest BCUT2D eigenvalue weighted by atomic mass is 16.6. The Morgan fingerprint density at radius 2 is 2.16 bits per heavy atom. The van der Waals surface area contributed by atoms with Gasteiger partial charge in [-0.1, -0.05) is 6.58 Å². The van der Waals surface area contributed by atoms with Crippen LogP contribution in [0.3, 0.4) is 0 Å². The molecular formula is C14H20O5. The fourth-order valence-corrected chi connectivity index (χ4v) is 4.03. The molecule has 3 rings (SSSR count). The number of fused-ring (bicyclic) bond motifs is 5. The molecule has 2 aliphatic carbocycles. The van der Waals surface area contributed by atoms with E-state index in [0.717, 1.165) is 6.42 Å². The monoisotopic (exact) mass is 268 g/mol. The molecule has 3 aliphatic rings. The van der Waals surface area contributed by atoms with Gasteiger partial charge in [-0.25, -0.2) is 0 Å². The molecule has 2 bridgehead atoms. The van der Waals surface area contributed by atoms with E-state index in [4.69, 9.17) is 14.2 Å². The molecular weight excluding hydrogens is 248 g/mol. The summed E-state index contributed by atoms with van der Waals surface area (Å²) in [6.07, 6.45) is -0.391. The molecule has 0 spiro atoms. The van der Waals surface area contributed by atoms with Crippen molar-refractivity contribution in [1.82, 2.24) is 0 Å². The molecule has 2 saturated carbocycles. The number of rotatable bonds is 4. The van der Waals surface area contributed by atoms with E-state index in [1.807, 2.05) is 0 Å². The molecule has 5 heteroatoms. The third kappa shape index (κ3) is 1.83. The second-order valence-corrected chi connectivity index (χ2v) is 5.88. The Hall–Kier alpha value is -0.910. The molecule has 1 aliphatic heterocycles. The first-order valence-corrected chi connectivity index (χ1v) is 6.73. The van der Waals surface area contributed by atoms with Crippen molar-refractivity contribution in [3.8, 4) is 0 Å². The van der Waals surface area contributed by atoms with Crippen molar-refractivity contribution in [1.29, 1.82) is 0 Å². The van der Waals surface area contributed by atoms with Gasteiger partial charge in [0.2, 0.25) is 0 Å². The molecule has 0 radical (unpaired) electrons. The smallest absolute Gasteiger partial charge is 0.309 e. The van der Waals surface area contributed by atoms with Gasteiger partial charge in [-0.2, -0.15) is 0 Å². The minimum absolute atomic E-state index is 0.0447. The third-order valence-electron chi connectivity index (χ3n) is 4.85. The van der Waals surface area contributed by atoms with Gasteiger partial charge < -0.3 is 19.3 Å². The second-order valence-electron chi connectivity index (χ2n) is 5.88. The summed E-state index contributed by atoms with van der Waals surface area (Å²) < 4.78 is 16.4. The molecule has 3 fully saturated rings. The second kappa shape index (κ2) is 4.58. The molecule has 0 aromatic heterocycles. The normalized spacial score (nSPS) is 45.1. The fourth-order valence-electron chi connectivity index (χ4n) is 4.03. The molecule has 5 nitrogen and oxygen atoms in total. The van der Waals surface area contributed by atoms with E-state index >= 15 is 0 Å². The van der Waals surface area contributed by atoms with Crippen molar-refractivity contribution in [3.05, 3.63) is 12.2 Å². The van der Waals surface area contributed by atoms with Gasteiger partial charge in [0.15, 0.2) is 6.29 Å². The van der Waals surface area contributed by atoms with Crippen molar-refractivity contribution >= 4 is 5.97 Å². The van der Waals surface area contributed by atoms with Crippen LogP contribution in [-0.4, -0.2) is 43.3 Å². The predicted octanol–water partition coefficient (Wildman–Crippen LogP) is 0.720. The molecule has 7 atom stereocenters. The van der Waals surface area contributed by atoms with Crippen LogP contribution in [0.1, 0.15) is 13.3 Å². The molecule has 1 N–H and O–H groups in total. The Morgan fingerprint density at radius 1 is 1.42 bits per heavy atom. The Kier molecular flexibility index (Phi) is 3.15. The number of aliphatic hydroxyl groups excluding tert-OH is 1. The Labute approximate surface area is 112 Å². The lowest BCUT2D eigenvalue weighted by atomic mass is 9.78. The molecule has 7 unspecified atom stereocenters. The number of methoxy groups -OCH3 is 1. The SMILES string of the molecule is C=C(C)C(O)OC1C2CC(C1OC)C1C(=O)OCC21. The van der Waals surface area contributed by atoms with Crippen LogP contribution in [0.15, 0.2) is 12.2 Å². The van der Waals surface area contributed by atoms with Gasteiger partial charge in [-0.05, 0) is 24.8 Å². The van der Waals surface area contributed by atoms with Gasteiger partial charge in [0.05, 0.1) is 24.7 Å². The summed E-state index contributed by atoms with van der Waals surface area (Å²) in [7, 11) is 1.63. The van der Waals surface area contributed by atoms with E-state index < -0.39 is 6.29 Å². The number of carbonyl (C=O) groups excluding carboxylic acids is 1. The summed E-state index contributed by atoms with van der Waals surface area (Å²) in [5.41, 5.74) is 0.577. The molecule has 0 aromatic carbocycles. The number of ether oxygens (including phenoxy) is 3. The topological polar surface area (TPSA) is 65.0 Å². The summed E-state index contributed by atoms with van der Waals surface area (Å²) in [5, 5.41) is 9.85. The van der Waals surface area contributed by atoms with Crippen LogP contribution >= 0.6 is 0 Å². The first-order valence-electron chi connectivity index (χ1n) is 6.73. The highest BCUT2D eigenvalue weighted by molar-refractivity contribution is 5.76. The van der Waals surface area contributed by atoms with E-state index in [1.165, 1.54) is 0 Å². The summed E-state index contributed by atoms with van der Waals surface area (Å²) in [5.74, 6) is 0.444. The molecule has 1 heterocycles. The summed E-state index contributed by atoms with van der Waals surface area (Å²) in [6, 6.07) is 0. The van der Waals surface area contributed by atoms with Crippen molar-refractivity contribution in [2.45, 2.75) is 31.8 Å². The minimum Gasteiger partial charge on any atom is -0.465 e. The summed E-state index contributed by atoms with van der Waals surface area (Å²) in [6.45, 7) is 5.90. The van der Waals surface area contributed by atoms with Gasteiger partial charge in [-0.15, -0.1) is 0 Å². The van der Waals surface area contributed by atoms with Crippen LogP contribution in [0.25, 0.3) is 0 Å². The van der Waals surface area contributed by atoms with Crippen molar-refractivity contribution in [2.24, 2.45) is 23.7 Å². The maximum absolute atomic E-state index is 11.8. The van der Waals surface area contributed by atoms with Crippen LogP contribution in [0.2, 0.25) is 0 Å². The van der Waals surface area contributed by atoms with E-state index in [1.54, 1.807) is 14.0 Å². The Morgan fingerprint density at radius 3 is 2.79 bits per heavy atom. The molecule has 1 saturated heterocycles. The van der Waals surface area contributed by atoms with Gasteiger partial charge >= 0.3 is 5.97 Å². The van der Waals surface area contributed by atoms with Gasteiger partial charge in [0, 0.05) is 18.9 Å². The maximum atomic E-state index is 11.8. The Balaban J connectivity index is 1.79. The van der Waals surface area contributed by atoms with Gasteiger partial charge in [0.25, 0.3) is 0 Å². The van der Waals surface area contributed by atoms with Crippen molar-refractivity contribution in [2.75, 3.05) is 13.7 Å². The number of carbonyl (C=O) groups is 1. The summed E-state index contributed by atoms with van der Waals surface area (Å²) >= 11 is 0. The van der Waals surface area contributed by atoms with E-state index in [-0.39, 0.29) is 41.8 Å². The zero-order valence-electron chi connectivity index (χ0n) is 11.2. The number of hydrogen-bond donors (Lipinski definition) is 1. The minimum atomic E-state index is -0.974. The zero-order valence-corrected chi connectivity index (χ0v) is 11.2. The molecule has 0 amide bonds. The van der Waals surface area contributed by atoms with E-state index in [2.05, 4.69) is 6.58 Å². The number of cyclic esters (lactones) is 1. The predicted molar refractivity (Wildman–Crippen MR) is 66.0 cm³/mol. The van der Waals surface area contributed by atoms with E-state index in [0.29, 0.717) is 12.2 Å². The van der Waals surface area contributed by atoms with Crippen LogP contribution in [0.5, 0.6) is 0 Å². The lowest BCUT2D eigenvalue weighted by Crippen LogP contribution is -2.46. The average Bonchev–Trinajstić information content (AvgIpc) is 3.00. The lowest BCUT2D eigenvalue weighted by Gasteiger charge is -2.36. The largest absolute Gasteiger partial charge is 0.465 e.